The van der Waals surface area contributed by atoms with E-state index in [1.165, 1.54) is 17.1 Å². The smallest absolute Gasteiger partial charge is 0.109 e. The van der Waals surface area contributed by atoms with E-state index in [0.717, 1.165) is 24.6 Å². The molecule has 0 bridgehead atoms. The topological polar surface area (TPSA) is 17.8 Å². The molecule has 2 aromatic rings. The number of nitrogens with zero attached hydrogens (tertiary/aromatic N) is 2. The zero-order valence-electron chi connectivity index (χ0n) is 8.81. The number of rotatable bonds is 1. The number of hydrogen-bond donors (Lipinski definition) is 0. The van der Waals surface area contributed by atoms with E-state index in [-0.39, 0.29) is 0 Å². The molecule has 78 valence electrons. The Morgan fingerprint density at radius 1 is 1.53 bits per heavy atom. The number of thiophene rings is 1. The van der Waals surface area contributed by atoms with Gasteiger partial charge >= 0.3 is 0 Å². The summed E-state index contributed by atoms with van der Waals surface area (Å²) in [5.41, 5.74) is 1.15. The van der Waals surface area contributed by atoms with Crippen molar-refractivity contribution in [3.05, 3.63) is 29.5 Å². The minimum Gasteiger partial charge on any atom is -0.334 e. The molecule has 3 heteroatoms. The van der Waals surface area contributed by atoms with E-state index < -0.39 is 0 Å². The van der Waals surface area contributed by atoms with Crippen molar-refractivity contribution in [2.75, 3.05) is 0 Å². The number of aromatic nitrogens is 2. The molecule has 1 aliphatic heterocycles. The highest BCUT2D eigenvalue weighted by molar-refractivity contribution is 7.13. The Bertz CT molecular complexity index is 456. The lowest BCUT2D eigenvalue weighted by Gasteiger charge is -2.18. The Balaban J connectivity index is 2.00. The molecule has 0 saturated carbocycles. The summed E-state index contributed by atoms with van der Waals surface area (Å²) in [6.07, 6.45) is 4.62. The van der Waals surface area contributed by atoms with Gasteiger partial charge in [0.2, 0.25) is 0 Å². The molecule has 0 aromatic carbocycles. The average Bonchev–Trinajstić information content (AvgIpc) is 2.84. The van der Waals surface area contributed by atoms with Crippen LogP contribution in [0.4, 0.5) is 0 Å². The van der Waals surface area contributed by atoms with Crippen LogP contribution < -0.4 is 0 Å². The maximum absolute atomic E-state index is 4.72. The Morgan fingerprint density at radius 3 is 3.27 bits per heavy atom. The molecule has 15 heavy (non-hydrogen) atoms. The van der Waals surface area contributed by atoms with Crippen LogP contribution >= 0.6 is 11.3 Å². The zero-order valence-corrected chi connectivity index (χ0v) is 9.63. The summed E-state index contributed by atoms with van der Waals surface area (Å²) in [6.45, 7) is 3.44. The number of imidazole rings is 1. The predicted molar refractivity (Wildman–Crippen MR) is 63.0 cm³/mol. The average molecular weight is 218 g/mol. The van der Waals surface area contributed by atoms with Crippen LogP contribution in [0.15, 0.2) is 23.7 Å². The van der Waals surface area contributed by atoms with Gasteiger partial charge in [-0.2, -0.15) is 0 Å². The number of fused-ring (bicyclic) bond motifs is 1. The molecule has 0 aliphatic carbocycles. The second-order valence-corrected chi connectivity index (χ2v) is 5.26. The van der Waals surface area contributed by atoms with Crippen molar-refractivity contribution in [1.29, 1.82) is 0 Å². The lowest BCUT2D eigenvalue weighted by atomic mass is 10.0. The fourth-order valence-corrected chi connectivity index (χ4v) is 2.81. The molecule has 0 fully saturated rings. The standard InChI is InChI=1S/C12H14N2S/c1-9-4-5-14-8-10(13-12(14)7-9)11-3-2-6-15-11/h2-3,6,8-9H,4-5,7H2,1H3/t9-/m1/s1. The van der Waals surface area contributed by atoms with Crippen molar-refractivity contribution in [3.8, 4) is 10.6 Å². The first kappa shape index (κ1) is 9.16. The van der Waals surface area contributed by atoms with Gasteiger partial charge in [0, 0.05) is 19.2 Å². The van der Waals surface area contributed by atoms with Gasteiger partial charge in [0.1, 0.15) is 5.82 Å². The molecule has 1 aliphatic rings. The van der Waals surface area contributed by atoms with E-state index in [9.17, 15) is 0 Å². The molecule has 2 nitrogen and oxygen atoms in total. The third kappa shape index (κ3) is 1.61. The highest BCUT2D eigenvalue weighted by Gasteiger charge is 2.17. The lowest BCUT2D eigenvalue weighted by Crippen LogP contribution is -2.16. The fourth-order valence-electron chi connectivity index (χ4n) is 2.13. The molecule has 0 spiro atoms. The molecule has 3 rings (SSSR count). The predicted octanol–water partition coefficient (Wildman–Crippen LogP) is 3.19. The highest BCUT2D eigenvalue weighted by atomic mass is 32.1. The first-order valence-electron chi connectivity index (χ1n) is 5.43. The summed E-state index contributed by atoms with van der Waals surface area (Å²) in [6, 6.07) is 4.23. The molecule has 0 radical (unpaired) electrons. The van der Waals surface area contributed by atoms with E-state index in [0.29, 0.717) is 0 Å². The van der Waals surface area contributed by atoms with E-state index in [4.69, 9.17) is 4.98 Å². The lowest BCUT2D eigenvalue weighted by molar-refractivity contribution is 0.409. The quantitative estimate of drug-likeness (QED) is 0.718. The van der Waals surface area contributed by atoms with Crippen LogP contribution in [0.5, 0.6) is 0 Å². The van der Waals surface area contributed by atoms with Gasteiger partial charge in [0.15, 0.2) is 0 Å². The third-order valence-electron chi connectivity index (χ3n) is 3.03. The van der Waals surface area contributed by atoms with Gasteiger partial charge < -0.3 is 4.57 Å². The Morgan fingerprint density at radius 2 is 2.47 bits per heavy atom. The van der Waals surface area contributed by atoms with Crippen LogP contribution in [0.25, 0.3) is 10.6 Å². The van der Waals surface area contributed by atoms with E-state index in [1.807, 2.05) is 0 Å². The SMILES string of the molecule is C[C@@H]1CCn2cc(-c3cccs3)nc2C1. The van der Waals surface area contributed by atoms with Crippen molar-refractivity contribution >= 4 is 11.3 Å². The van der Waals surface area contributed by atoms with Gasteiger partial charge in [-0.1, -0.05) is 13.0 Å². The maximum Gasteiger partial charge on any atom is 0.109 e. The van der Waals surface area contributed by atoms with Crippen molar-refractivity contribution in [2.45, 2.75) is 26.3 Å². The molecule has 0 saturated heterocycles. The van der Waals surface area contributed by atoms with E-state index >= 15 is 0 Å². The summed E-state index contributed by atoms with van der Waals surface area (Å²) in [5, 5.41) is 2.11. The summed E-state index contributed by atoms with van der Waals surface area (Å²) in [4.78, 5) is 6.00. The fraction of sp³-hybridized carbons (Fsp3) is 0.417. The summed E-state index contributed by atoms with van der Waals surface area (Å²) < 4.78 is 2.31. The molecule has 2 aromatic heterocycles. The Kier molecular flexibility index (Phi) is 2.13. The summed E-state index contributed by atoms with van der Waals surface area (Å²) in [7, 11) is 0. The molecule has 3 heterocycles. The zero-order chi connectivity index (χ0) is 10.3. The summed E-state index contributed by atoms with van der Waals surface area (Å²) >= 11 is 1.76. The Labute approximate surface area is 93.6 Å². The number of hydrogen-bond acceptors (Lipinski definition) is 2. The second-order valence-electron chi connectivity index (χ2n) is 4.31. The van der Waals surface area contributed by atoms with Crippen LogP contribution in [0, 0.1) is 5.92 Å². The van der Waals surface area contributed by atoms with Gasteiger partial charge in [-0.3, -0.25) is 0 Å². The van der Waals surface area contributed by atoms with Crippen molar-refractivity contribution in [1.82, 2.24) is 9.55 Å². The molecular weight excluding hydrogens is 204 g/mol. The van der Waals surface area contributed by atoms with E-state index in [2.05, 4.69) is 35.2 Å². The van der Waals surface area contributed by atoms with Crippen LogP contribution in [0.3, 0.4) is 0 Å². The molecule has 0 N–H and O–H groups in total. The largest absolute Gasteiger partial charge is 0.334 e. The van der Waals surface area contributed by atoms with Gasteiger partial charge in [-0.05, 0) is 23.8 Å². The first-order valence-corrected chi connectivity index (χ1v) is 6.31. The van der Waals surface area contributed by atoms with Gasteiger partial charge in [0.05, 0.1) is 10.6 Å². The normalized spacial score (nSPS) is 20.2. The van der Waals surface area contributed by atoms with Crippen LogP contribution in [0.2, 0.25) is 0 Å². The van der Waals surface area contributed by atoms with Gasteiger partial charge in [-0.15, -0.1) is 11.3 Å². The highest BCUT2D eigenvalue weighted by Crippen LogP contribution is 2.27. The first-order chi connectivity index (χ1) is 7.33. The van der Waals surface area contributed by atoms with Crippen LogP contribution in [-0.2, 0) is 13.0 Å². The van der Waals surface area contributed by atoms with Crippen molar-refractivity contribution < 1.29 is 0 Å². The second kappa shape index (κ2) is 3.49. The molecule has 0 amide bonds. The molecular formula is C12H14N2S. The van der Waals surface area contributed by atoms with Crippen LogP contribution in [0.1, 0.15) is 19.2 Å². The number of aryl methyl sites for hydroxylation is 1. The van der Waals surface area contributed by atoms with Crippen LogP contribution in [-0.4, -0.2) is 9.55 Å². The third-order valence-corrected chi connectivity index (χ3v) is 3.92. The maximum atomic E-state index is 4.72. The molecule has 1 atom stereocenters. The van der Waals surface area contributed by atoms with Crippen molar-refractivity contribution in [2.24, 2.45) is 5.92 Å². The summed E-state index contributed by atoms with van der Waals surface area (Å²) in [5.74, 6) is 2.05. The van der Waals surface area contributed by atoms with Crippen molar-refractivity contribution in [3.63, 3.8) is 0 Å². The molecule has 0 unspecified atom stereocenters. The minimum absolute atomic E-state index is 0.788. The Hall–Kier alpha value is -1.09. The minimum atomic E-state index is 0.788. The van der Waals surface area contributed by atoms with Gasteiger partial charge in [-0.25, -0.2) is 4.98 Å². The monoisotopic (exact) mass is 218 g/mol. The van der Waals surface area contributed by atoms with Gasteiger partial charge in [0.25, 0.3) is 0 Å². The van der Waals surface area contributed by atoms with E-state index in [1.54, 1.807) is 11.3 Å².